The third-order valence-electron chi connectivity index (χ3n) is 1.48. The van der Waals surface area contributed by atoms with E-state index < -0.39 is 0 Å². The van der Waals surface area contributed by atoms with Crippen LogP contribution in [0.2, 0.25) is 0 Å². The Morgan fingerprint density at radius 3 is 3.62 bits per heavy atom. The molecule has 0 aromatic rings. The van der Waals surface area contributed by atoms with Gasteiger partial charge in [-0.25, -0.2) is 0 Å². The highest BCUT2D eigenvalue weighted by molar-refractivity contribution is 4.72. The molecule has 0 aromatic heterocycles. The summed E-state index contributed by atoms with van der Waals surface area (Å²) in [5.74, 6) is 0. The van der Waals surface area contributed by atoms with Gasteiger partial charge in [0.25, 0.3) is 0 Å². The lowest BCUT2D eigenvalue weighted by atomic mass is 10.2. The average Bonchev–Trinajstić information content (AvgIpc) is 2.34. The number of hydrogen-bond donors (Lipinski definition) is 1. The molecule has 0 saturated carbocycles. The van der Waals surface area contributed by atoms with Crippen LogP contribution >= 0.6 is 0 Å². The molecule has 2 heteroatoms. The lowest BCUT2D eigenvalue weighted by molar-refractivity contribution is 0.173. The second kappa shape index (κ2) is 3.05. The fourth-order valence-corrected chi connectivity index (χ4v) is 1.04. The molecule has 1 aliphatic heterocycles. The van der Waals surface area contributed by atoms with Crippen LogP contribution < -0.4 is 5.32 Å². The predicted octanol–water partition coefficient (Wildman–Crippen LogP) is 0.385. The fraction of sp³-hybridized carbons (Fsp3) is 1.00. The van der Waals surface area contributed by atoms with E-state index in [1.165, 1.54) is 12.8 Å². The minimum absolute atomic E-state index is 0.0954. The van der Waals surface area contributed by atoms with Crippen LogP contribution in [0.1, 0.15) is 14.2 Å². The second-order valence-corrected chi connectivity index (χ2v) is 2.16. The monoisotopic (exact) mass is 116 g/mol. The van der Waals surface area contributed by atoms with Crippen molar-refractivity contribution < 1.29 is 6.11 Å². The summed E-state index contributed by atoms with van der Waals surface area (Å²) in [5.41, 5.74) is 0. The molecule has 48 valence electrons. The second-order valence-electron chi connectivity index (χ2n) is 2.16. The third kappa shape index (κ3) is 1.46. The first kappa shape index (κ1) is 4.77. The molecule has 0 aromatic carbocycles. The van der Waals surface area contributed by atoms with Crippen molar-refractivity contribution in [3.05, 3.63) is 0 Å². The molecule has 0 amide bonds. The molecular weight excluding hydrogens is 102 g/mol. The topological polar surface area (TPSA) is 21.3 Å². The van der Waals surface area contributed by atoms with Gasteiger partial charge >= 0.3 is 0 Å². The molecule has 0 aliphatic carbocycles. The van der Waals surface area contributed by atoms with Gasteiger partial charge in [-0.15, -0.1) is 0 Å². The average molecular weight is 116 g/mol. The summed E-state index contributed by atoms with van der Waals surface area (Å²) in [4.78, 5) is 0. The molecule has 1 fully saturated rings. The highest BCUT2D eigenvalue weighted by Gasteiger charge is 2.11. The molecule has 1 heterocycles. The van der Waals surface area contributed by atoms with E-state index in [-0.39, 0.29) is 7.09 Å². The Morgan fingerprint density at radius 2 is 3.00 bits per heavy atom. The lowest BCUT2D eigenvalue weighted by Gasteiger charge is -2.05. The first-order valence-corrected chi connectivity index (χ1v) is 3.04. The first-order valence-electron chi connectivity index (χ1n) is 3.74. The van der Waals surface area contributed by atoms with Gasteiger partial charge in [0.1, 0.15) is 0 Å². The van der Waals surface area contributed by atoms with Crippen LogP contribution in [0.15, 0.2) is 0 Å². The highest BCUT2D eigenvalue weighted by Crippen LogP contribution is 2.03. The van der Waals surface area contributed by atoms with Crippen molar-refractivity contribution in [2.75, 3.05) is 20.2 Å². The van der Waals surface area contributed by atoms with Gasteiger partial charge in [-0.05, 0) is 19.4 Å². The normalized spacial score (nSPS) is 30.5. The zero-order chi connectivity index (χ0) is 6.53. The predicted molar refractivity (Wildman–Crippen MR) is 32.9 cm³/mol. The summed E-state index contributed by atoms with van der Waals surface area (Å²) < 4.78 is 11.6. The van der Waals surface area contributed by atoms with Gasteiger partial charge in [0.05, 0.1) is 7.98 Å². The van der Waals surface area contributed by atoms with Crippen molar-refractivity contribution in [1.29, 1.82) is 0 Å². The van der Waals surface area contributed by atoms with Crippen LogP contribution in [-0.2, 0) is 4.74 Å². The number of rotatable bonds is 2. The number of ether oxygens (including phenoxy) is 1. The molecule has 0 radical (unpaired) electrons. The van der Waals surface area contributed by atoms with Crippen LogP contribution in [-0.4, -0.2) is 26.3 Å². The van der Waals surface area contributed by atoms with E-state index in [0.29, 0.717) is 12.6 Å². The standard InChI is InChI=1S/C6H13NO/c1-8-5-6-3-2-4-7-6/h6-7H,2-5H2,1H3/t6-/m0/s1/i1D. The highest BCUT2D eigenvalue weighted by atomic mass is 16.5. The van der Waals surface area contributed by atoms with Gasteiger partial charge in [0.15, 0.2) is 0 Å². The fourth-order valence-electron chi connectivity index (χ4n) is 1.04. The SMILES string of the molecule is [2H]COC[C@@H]1CCCN1. The van der Waals surface area contributed by atoms with Crippen molar-refractivity contribution in [2.24, 2.45) is 0 Å². The maximum atomic E-state index is 6.72. The molecule has 1 aliphatic rings. The van der Waals surface area contributed by atoms with Crippen LogP contribution in [0.25, 0.3) is 0 Å². The number of methoxy groups -OCH3 is 1. The van der Waals surface area contributed by atoms with Crippen LogP contribution in [0.3, 0.4) is 0 Å². The Hall–Kier alpha value is -0.0800. The Balaban J connectivity index is 1.98. The number of hydrogen-bond acceptors (Lipinski definition) is 2. The van der Waals surface area contributed by atoms with E-state index in [2.05, 4.69) is 5.32 Å². The van der Waals surface area contributed by atoms with Crippen molar-refractivity contribution in [3.63, 3.8) is 0 Å². The maximum Gasteiger partial charge on any atom is 0.0615 e. The van der Waals surface area contributed by atoms with Crippen LogP contribution in [0.4, 0.5) is 0 Å². The molecule has 2 nitrogen and oxygen atoms in total. The van der Waals surface area contributed by atoms with Crippen molar-refractivity contribution in [3.8, 4) is 0 Å². The van der Waals surface area contributed by atoms with Gasteiger partial charge < -0.3 is 10.1 Å². The van der Waals surface area contributed by atoms with Crippen molar-refractivity contribution >= 4 is 0 Å². The first-order chi connectivity index (χ1) is 4.43. The summed E-state index contributed by atoms with van der Waals surface area (Å²) in [6.07, 6.45) is 2.46. The zero-order valence-electron chi connectivity index (χ0n) is 6.02. The molecule has 1 atom stereocenters. The van der Waals surface area contributed by atoms with E-state index in [9.17, 15) is 0 Å². The Kier molecular flexibility index (Phi) is 1.82. The molecule has 0 spiro atoms. The van der Waals surface area contributed by atoms with E-state index in [4.69, 9.17) is 6.11 Å². The van der Waals surface area contributed by atoms with Gasteiger partial charge in [0, 0.05) is 13.1 Å². The molecule has 0 unspecified atom stereocenters. The van der Waals surface area contributed by atoms with E-state index in [1.54, 1.807) is 0 Å². The minimum Gasteiger partial charge on any atom is -0.383 e. The zero-order valence-corrected chi connectivity index (χ0v) is 5.02. The molecule has 1 saturated heterocycles. The molecule has 8 heavy (non-hydrogen) atoms. The molecule has 0 bridgehead atoms. The van der Waals surface area contributed by atoms with Crippen molar-refractivity contribution in [1.82, 2.24) is 5.32 Å². The van der Waals surface area contributed by atoms with Crippen LogP contribution in [0.5, 0.6) is 0 Å². The van der Waals surface area contributed by atoms with Gasteiger partial charge in [0.2, 0.25) is 0 Å². The third-order valence-corrected chi connectivity index (χ3v) is 1.48. The number of nitrogens with one attached hydrogen (secondary N) is 1. The van der Waals surface area contributed by atoms with Crippen molar-refractivity contribution in [2.45, 2.75) is 18.9 Å². The van der Waals surface area contributed by atoms with Crippen LogP contribution in [0, 0.1) is 0 Å². The van der Waals surface area contributed by atoms with E-state index in [1.807, 2.05) is 0 Å². The Morgan fingerprint density at radius 1 is 2.00 bits per heavy atom. The lowest BCUT2D eigenvalue weighted by Crippen LogP contribution is -2.25. The van der Waals surface area contributed by atoms with E-state index in [0.717, 1.165) is 6.54 Å². The van der Waals surface area contributed by atoms with Gasteiger partial charge in [-0.1, -0.05) is 0 Å². The summed E-state index contributed by atoms with van der Waals surface area (Å²) in [6.45, 7) is 1.83. The van der Waals surface area contributed by atoms with Gasteiger partial charge in [-0.3, -0.25) is 0 Å². The Bertz CT molecular complexity index is 73.5. The maximum absolute atomic E-state index is 6.72. The summed E-state index contributed by atoms with van der Waals surface area (Å²) in [5, 5.41) is 3.28. The molecule has 1 rings (SSSR count). The summed E-state index contributed by atoms with van der Waals surface area (Å²) >= 11 is 0. The smallest absolute Gasteiger partial charge is 0.0615 e. The minimum atomic E-state index is 0.0954. The summed E-state index contributed by atoms with van der Waals surface area (Å²) in [6, 6.07) is 0.523. The summed E-state index contributed by atoms with van der Waals surface area (Å²) in [7, 11) is 0.0954. The largest absolute Gasteiger partial charge is 0.383 e. The van der Waals surface area contributed by atoms with Gasteiger partial charge in [-0.2, -0.15) is 0 Å². The van der Waals surface area contributed by atoms with E-state index >= 15 is 0 Å². The Labute approximate surface area is 51.6 Å². The molecular formula is C6H13NO. The molecule has 1 N–H and O–H groups in total. The quantitative estimate of drug-likeness (QED) is 0.563.